The van der Waals surface area contributed by atoms with E-state index in [-0.39, 0.29) is 51.0 Å². The molecule has 17 nitrogen and oxygen atoms in total. The number of benzene rings is 2. The van der Waals surface area contributed by atoms with Crippen LogP contribution in [0.3, 0.4) is 0 Å². The van der Waals surface area contributed by atoms with E-state index in [1.54, 1.807) is 22.2 Å². The van der Waals surface area contributed by atoms with E-state index in [1.807, 2.05) is 106 Å². The highest BCUT2D eigenvalue weighted by atomic mass is 35.5. The number of ether oxygens (including phenoxy) is 3. The van der Waals surface area contributed by atoms with Gasteiger partial charge in [0.25, 0.3) is 0 Å². The van der Waals surface area contributed by atoms with E-state index in [0.717, 1.165) is 68.2 Å². The minimum absolute atomic E-state index is 0.00566. The number of likely N-dealkylation sites (tertiary alicyclic amines) is 1. The summed E-state index contributed by atoms with van der Waals surface area (Å²) in [6, 6.07) is 18.4. The lowest BCUT2D eigenvalue weighted by Gasteiger charge is -2.35. The fraction of sp³-hybridized carbons (Fsp3) is 0.404. The van der Waals surface area contributed by atoms with Crippen LogP contribution in [0.25, 0.3) is 39.8 Å². The van der Waals surface area contributed by atoms with Gasteiger partial charge in [0, 0.05) is 68.1 Å². The molecule has 6 aromatic rings. The van der Waals surface area contributed by atoms with Gasteiger partial charge in [0.05, 0.1) is 68.0 Å². The lowest BCUT2D eigenvalue weighted by molar-refractivity contribution is -0.144. The predicted octanol–water partition coefficient (Wildman–Crippen LogP) is 8.45. The van der Waals surface area contributed by atoms with E-state index in [0.29, 0.717) is 50.4 Å². The Balaban J connectivity index is 0.731. The maximum atomic E-state index is 14.0. The van der Waals surface area contributed by atoms with E-state index in [4.69, 9.17) is 25.8 Å². The number of aliphatic hydroxyl groups is 1. The van der Waals surface area contributed by atoms with E-state index < -0.39 is 29.5 Å². The molecule has 5 heterocycles. The normalized spacial score (nSPS) is 15.0. The van der Waals surface area contributed by atoms with Gasteiger partial charge in [-0.3, -0.25) is 19.1 Å². The first-order valence-corrected chi connectivity index (χ1v) is 26.9. The van der Waals surface area contributed by atoms with Crippen LogP contribution < -0.4 is 16.0 Å². The highest BCUT2D eigenvalue weighted by molar-refractivity contribution is 7.13. The molecule has 0 radical (unpaired) electrons. The van der Waals surface area contributed by atoms with Crippen molar-refractivity contribution in [3.63, 3.8) is 0 Å². The lowest BCUT2D eigenvalue weighted by Crippen LogP contribution is -2.57. The number of aryl methyl sites for hydroxylation is 3. The van der Waals surface area contributed by atoms with E-state index in [9.17, 15) is 19.5 Å². The van der Waals surface area contributed by atoms with E-state index in [2.05, 4.69) is 72.9 Å². The fourth-order valence-electron chi connectivity index (χ4n) is 8.59. The summed E-state index contributed by atoms with van der Waals surface area (Å²) in [4.78, 5) is 56.3. The van der Waals surface area contributed by atoms with Crippen LogP contribution in [-0.4, -0.2) is 122 Å². The van der Waals surface area contributed by atoms with Gasteiger partial charge < -0.3 is 40.2 Å². The zero-order valence-electron chi connectivity index (χ0n) is 44.0. The third kappa shape index (κ3) is 16.4. The summed E-state index contributed by atoms with van der Waals surface area (Å²) in [5, 5.41) is 28.6. The molecular weight excluding hydrogens is 1000 g/mol. The molecule has 2 aromatic carbocycles. The van der Waals surface area contributed by atoms with Gasteiger partial charge in [0.2, 0.25) is 17.7 Å². The molecule has 0 aliphatic carbocycles. The number of β-amino-alcohol motifs (C(OH)–C–C–N with tert-alkyl or cyclic N) is 1. The number of thiazole rings is 1. The standard InChI is InChI=1S/C57H69ClN10O7S/c1-7-41-14-10-39(28-42(41)8-2)11-17-44-29-46(33-61-54(44)58)45-18-19-50(60-32-45)59-21-9-22-67-34-47(65-66-67)36-75-27-26-74-25-24-73-23-20-51(70)64-53(57(4,5)6)56(72)68-35-48(69)30-49(68)55(71)62-31-40-12-15-43(16-13-40)52-38(3)63-37-76-52/h8,10-19,28-29,32-34,37,48-49,53,69H,2,7,9,20-27,30-31,35-36H2,1,3-6H3,(H,59,60)(H,62,71)(H,64,70)/b17-11+/t48-,49+,53-/m1/s1. The third-order valence-electron chi connectivity index (χ3n) is 12.8. The number of halogens is 1. The molecule has 402 valence electrons. The Morgan fingerprint density at radius 2 is 1.67 bits per heavy atom. The van der Waals surface area contributed by atoms with Crippen molar-refractivity contribution >= 4 is 64.7 Å². The number of aromatic nitrogens is 6. The fourth-order valence-corrected chi connectivity index (χ4v) is 9.57. The van der Waals surface area contributed by atoms with Crippen LogP contribution >= 0.6 is 22.9 Å². The Hall–Kier alpha value is -6.67. The number of carbonyl (C=O) groups excluding carboxylic acids is 3. The van der Waals surface area contributed by atoms with Gasteiger partial charge in [-0.25, -0.2) is 15.0 Å². The molecule has 4 aromatic heterocycles. The highest BCUT2D eigenvalue weighted by Crippen LogP contribution is 2.30. The van der Waals surface area contributed by atoms with Crippen molar-refractivity contribution in [1.82, 2.24) is 45.5 Å². The van der Waals surface area contributed by atoms with Gasteiger partial charge in [0.1, 0.15) is 28.7 Å². The van der Waals surface area contributed by atoms with Gasteiger partial charge in [-0.05, 0) is 77.3 Å². The van der Waals surface area contributed by atoms with E-state index >= 15 is 0 Å². The first-order chi connectivity index (χ1) is 36.7. The molecule has 19 heteroatoms. The molecule has 1 aliphatic heterocycles. The van der Waals surface area contributed by atoms with Crippen LogP contribution in [0.4, 0.5) is 5.82 Å². The molecule has 4 N–H and O–H groups in total. The molecule has 0 spiro atoms. The Labute approximate surface area is 454 Å². The molecule has 0 saturated carbocycles. The number of pyridine rings is 2. The molecule has 76 heavy (non-hydrogen) atoms. The first-order valence-electron chi connectivity index (χ1n) is 25.7. The van der Waals surface area contributed by atoms with Gasteiger partial charge in [-0.1, -0.05) is 106 Å². The lowest BCUT2D eigenvalue weighted by atomic mass is 9.85. The van der Waals surface area contributed by atoms with Gasteiger partial charge in [-0.15, -0.1) is 16.4 Å². The van der Waals surface area contributed by atoms with Crippen molar-refractivity contribution in [1.29, 1.82) is 0 Å². The second-order valence-electron chi connectivity index (χ2n) is 19.6. The minimum Gasteiger partial charge on any atom is -0.391 e. The molecule has 3 atom stereocenters. The van der Waals surface area contributed by atoms with Crippen molar-refractivity contribution in [3.05, 3.63) is 136 Å². The smallest absolute Gasteiger partial charge is 0.246 e. The minimum atomic E-state index is -0.931. The van der Waals surface area contributed by atoms with Gasteiger partial charge >= 0.3 is 0 Å². The second kappa shape index (κ2) is 27.9. The molecule has 1 aliphatic rings. The SMILES string of the molecule is C=Cc1cc(/C=C/c2cc(-c3ccc(NCCCn4cc(COCCOCCOCCC(=O)N[C@H](C(=O)N5C[C@H](O)C[C@H]5C(=O)NCc5ccc(-c6scnc6C)cc5)C(C)(C)C)nn4)nc3)cnc2Cl)ccc1CC. The summed E-state index contributed by atoms with van der Waals surface area (Å²) in [5.41, 5.74) is 10.9. The average Bonchev–Trinajstić information content (AvgIpc) is 4.18. The molecule has 3 amide bonds. The molecule has 7 rings (SSSR count). The number of hydrogen-bond acceptors (Lipinski definition) is 14. The predicted molar refractivity (Wildman–Crippen MR) is 298 cm³/mol. The van der Waals surface area contributed by atoms with Crippen LogP contribution in [0.1, 0.15) is 86.2 Å². The van der Waals surface area contributed by atoms with Crippen molar-refractivity contribution in [2.75, 3.05) is 51.4 Å². The largest absolute Gasteiger partial charge is 0.391 e. The topological polar surface area (TPSA) is 208 Å². The van der Waals surface area contributed by atoms with Crippen LogP contribution in [0.5, 0.6) is 0 Å². The Kier molecular flexibility index (Phi) is 21.0. The second-order valence-corrected chi connectivity index (χ2v) is 20.8. The van der Waals surface area contributed by atoms with Crippen LogP contribution in [0.15, 0.2) is 91.3 Å². The highest BCUT2D eigenvalue weighted by Gasteiger charge is 2.44. The van der Waals surface area contributed by atoms with Gasteiger partial charge in [0.15, 0.2) is 0 Å². The number of hydrogen-bond donors (Lipinski definition) is 4. The van der Waals surface area contributed by atoms with Gasteiger partial charge in [-0.2, -0.15) is 0 Å². The maximum absolute atomic E-state index is 14.0. The number of anilines is 1. The summed E-state index contributed by atoms with van der Waals surface area (Å²) in [7, 11) is 0. The quantitative estimate of drug-likeness (QED) is 0.0283. The zero-order chi connectivity index (χ0) is 54.0. The Morgan fingerprint density at radius 1 is 0.921 bits per heavy atom. The summed E-state index contributed by atoms with van der Waals surface area (Å²) in [6.07, 6.45) is 12.3. The number of nitrogens with zero attached hydrogens (tertiary/aromatic N) is 7. The number of carbonyl (C=O) groups is 3. The number of aliphatic hydroxyl groups excluding tert-OH is 1. The van der Waals surface area contributed by atoms with Crippen molar-refractivity contribution in [2.24, 2.45) is 5.41 Å². The Morgan fingerprint density at radius 3 is 2.38 bits per heavy atom. The zero-order valence-corrected chi connectivity index (χ0v) is 45.5. The monoisotopic (exact) mass is 1070 g/mol. The van der Waals surface area contributed by atoms with E-state index in [1.165, 1.54) is 10.5 Å². The summed E-state index contributed by atoms with van der Waals surface area (Å²) in [5.74, 6) is -0.384. The maximum Gasteiger partial charge on any atom is 0.246 e. The number of nitrogens with one attached hydrogen (secondary N) is 3. The molecule has 0 bridgehead atoms. The molecular formula is C57H69ClN10O7S. The number of rotatable bonds is 27. The Bertz CT molecular complexity index is 2900. The molecule has 1 saturated heterocycles. The molecule has 0 unspecified atom stereocenters. The van der Waals surface area contributed by atoms with Crippen molar-refractivity contribution < 1.29 is 33.7 Å². The summed E-state index contributed by atoms with van der Waals surface area (Å²) in [6.45, 7) is 16.9. The molecule has 1 fully saturated rings. The number of amides is 3. The first kappa shape index (κ1) is 57.0. The average molecular weight is 1070 g/mol. The van der Waals surface area contributed by atoms with Crippen LogP contribution in [0.2, 0.25) is 5.15 Å². The van der Waals surface area contributed by atoms with Crippen LogP contribution in [0, 0.1) is 12.3 Å². The summed E-state index contributed by atoms with van der Waals surface area (Å²) >= 11 is 8.04. The van der Waals surface area contributed by atoms with Crippen LogP contribution in [-0.2, 0) is 54.7 Å². The van der Waals surface area contributed by atoms with Crippen molar-refractivity contribution in [2.45, 2.75) is 98.2 Å². The third-order valence-corrected chi connectivity index (χ3v) is 14.1. The van der Waals surface area contributed by atoms with Crippen molar-refractivity contribution in [3.8, 4) is 21.6 Å². The summed E-state index contributed by atoms with van der Waals surface area (Å²) < 4.78 is 18.8.